The quantitative estimate of drug-likeness (QED) is 0.717. The van der Waals surface area contributed by atoms with Crippen LogP contribution in [0.5, 0.6) is 0 Å². The van der Waals surface area contributed by atoms with Gasteiger partial charge in [-0.25, -0.2) is 9.59 Å². The zero-order valence-electron chi connectivity index (χ0n) is 11.4. The SMILES string of the molecule is O=C1CN(C(=O)N[C@@H](Cc2ccccc2)C(=O)O)CCN1. The minimum absolute atomic E-state index is 0.0521. The van der Waals surface area contributed by atoms with Gasteiger partial charge in [0, 0.05) is 19.5 Å². The number of nitrogens with one attached hydrogen (secondary N) is 2. The maximum atomic E-state index is 12.0. The molecule has 0 aliphatic carbocycles. The number of carbonyl (C=O) groups is 3. The number of piperazine rings is 1. The molecule has 7 nitrogen and oxygen atoms in total. The number of aliphatic carboxylic acids is 1. The predicted molar refractivity (Wildman–Crippen MR) is 74.7 cm³/mol. The van der Waals surface area contributed by atoms with Gasteiger partial charge in [0.2, 0.25) is 5.91 Å². The van der Waals surface area contributed by atoms with E-state index in [1.165, 1.54) is 4.90 Å². The number of benzene rings is 1. The Bertz CT molecular complexity index is 532. The highest BCUT2D eigenvalue weighted by Crippen LogP contribution is 2.04. The van der Waals surface area contributed by atoms with E-state index in [0.29, 0.717) is 13.1 Å². The standard InChI is InChI=1S/C14H17N3O4/c18-12-9-17(7-6-15-12)14(21)16-11(13(19)20)8-10-4-2-1-3-5-10/h1-5,11H,6-9H2,(H,15,18)(H,16,21)(H,19,20)/t11-/m0/s1. The van der Waals surface area contributed by atoms with E-state index in [1.54, 1.807) is 12.1 Å². The van der Waals surface area contributed by atoms with Crippen LogP contribution >= 0.6 is 0 Å². The van der Waals surface area contributed by atoms with Crippen LogP contribution in [0.15, 0.2) is 30.3 Å². The number of amides is 3. The summed E-state index contributed by atoms with van der Waals surface area (Å²) < 4.78 is 0. The van der Waals surface area contributed by atoms with Gasteiger partial charge in [-0.05, 0) is 5.56 Å². The first kappa shape index (κ1) is 14.8. The number of hydrogen-bond donors (Lipinski definition) is 3. The zero-order chi connectivity index (χ0) is 15.2. The summed E-state index contributed by atoms with van der Waals surface area (Å²) in [5, 5.41) is 14.3. The van der Waals surface area contributed by atoms with Crippen LogP contribution in [0, 0.1) is 0 Å². The minimum atomic E-state index is -1.10. The monoisotopic (exact) mass is 291 g/mol. The third-order valence-corrected chi connectivity index (χ3v) is 3.20. The topological polar surface area (TPSA) is 98.7 Å². The van der Waals surface area contributed by atoms with Gasteiger partial charge in [-0.3, -0.25) is 4.79 Å². The van der Waals surface area contributed by atoms with Gasteiger partial charge in [0.1, 0.15) is 12.6 Å². The number of hydrogen-bond acceptors (Lipinski definition) is 3. The van der Waals surface area contributed by atoms with Crippen LogP contribution in [-0.2, 0) is 16.0 Å². The fourth-order valence-electron chi connectivity index (χ4n) is 2.10. The van der Waals surface area contributed by atoms with Crippen LogP contribution in [0.1, 0.15) is 5.56 Å². The van der Waals surface area contributed by atoms with Crippen LogP contribution in [0.4, 0.5) is 4.79 Å². The third kappa shape index (κ3) is 4.20. The summed E-state index contributed by atoms with van der Waals surface area (Å²) >= 11 is 0. The Morgan fingerprint density at radius 2 is 2.05 bits per heavy atom. The van der Waals surface area contributed by atoms with Crippen molar-refractivity contribution >= 4 is 17.9 Å². The van der Waals surface area contributed by atoms with Crippen molar-refractivity contribution in [2.24, 2.45) is 0 Å². The minimum Gasteiger partial charge on any atom is -0.480 e. The van der Waals surface area contributed by atoms with Gasteiger partial charge in [0.25, 0.3) is 0 Å². The molecule has 0 unspecified atom stereocenters. The summed E-state index contributed by atoms with van der Waals surface area (Å²) in [5.41, 5.74) is 0.821. The Morgan fingerprint density at radius 1 is 1.33 bits per heavy atom. The Labute approximate surface area is 121 Å². The van der Waals surface area contributed by atoms with E-state index in [-0.39, 0.29) is 18.9 Å². The van der Waals surface area contributed by atoms with E-state index in [0.717, 1.165) is 5.56 Å². The average molecular weight is 291 g/mol. The number of carboxylic acids is 1. The second-order valence-corrected chi connectivity index (χ2v) is 4.80. The van der Waals surface area contributed by atoms with Crippen LogP contribution in [-0.4, -0.2) is 53.6 Å². The van der Waals surface area contributed by atoms with Crippen LogP contribution in [0.25, 0.3) is 0 Å². The van der Waals surface area contributed by atoms with Gasteiger partial charge in [-0.2, -0.15) is 0 Å². The Kier molecular flexibility index (Phi) is 4.76. The van der Waals surface area contributed by atoms with Crippen molar-refractivity contribution in [1.82, 2.24) is 15.5 Å². The number of nitrogens with zero attached hydrogens (tertiary/aromatic N) is 1. The van der Waals surface area contributed by atoms with E-state index < -0.39 is 18.0 Å². The van der Waals surface area contributed by atoms with E-state index in [1.807, 2.05) is 18.2 Å². The fraction of sp³-hybridized carbons (Fsp3) is 0.357. The number of urea groups is 1. The van der Waals surface area contributed by atoms with E-state index in [2.05, 4.69) is 10.6 Å². The van der Waals surface area contributed by atoms with Crippen molar-refractivity contribution in [2.45, 2.75) is 12.5 Å². The largest absolute Gasteiger partial charge is 0.480 e. The molecule has 1 heterocycles. The average Bonchev–Trinajstić information content (AvgIpc) is 2.47. The molecule has 1 fully saturated rings. The molecule has 0 spiro atoms. The van der Waals surface area contributed by atoms with Crippen molar-refractivity contribution < 1.29 is 19.5 Å². The smallest absolute Gasteiger partial charge is 0.326 e. The number of rotatable bonds is 4. The van der Waals surface area contributed by atoms with Gasteiger partial charge in [-0.15, -0.1) is 0 Å². The molecule has 0 radical (unpaired) electrons. The van der Waals surface area contributed by atoms with Gasteiger partial charge < -0.3 is 20.6 Å². The highest BCUT2D eigenvalue weighted by Gasteiger charge is 2.26. The molecule has 1 aliphatic rings. The highest BCUT2D eigenvalue weighted by molar-refractivity contribution is 5.87. The first-order valence-corrected chi connectivity index (χ1v) is 6.65. The van der Waals surface area contributed by atoms with Crippen molar-refractivity contribution in [3.63, 3.8) is 0 Å². The van der Waals surface area contributed by atoms with Crippen molar-refractivity contribution in [2.75, 3.05) is 19.6 Å². The van der Waals surface area contributed by atoms with Crippen molar-refractivity contribution in [3.05, 3.63) is 35.9 Å². The Hall–Kier alpha value is -2.57. The molecule has 1 saturated heterocycles. The molecule has 0 aromatic heterocycles. The zero-order valence-corrected chi connectivity index (χ0v) is 11.4. The molecular weight excluding hydrogens is 274 g/mol. The molecule has 1 aromatic rings. The van der Waals surface area contributed by atoms with Crippen LogP contribution < -0.4 is 10.6 Å². The molecule has 1 atom stereocenters. The van der Waals surface area contributed by atoms with Gasteiger partial charge in [-0.1, -0.05) is 30.3 Å². The molecular formula is C14H17N3O4. The first-order valence-electron chi connectivity index (χ1n) is 6.65. The summed E-state index contributed by atoms with van der Waals surface area (Å²) in [6, 6.07) is 7.51. The lowest BCUT2D eigenvalue weighted by molar-refractivity contribution is -0.139. The molecule has 112 valence electrons. The summed E-state index contributed by atoms with van der Waals surface area (Å²) in [7, 11) is 0. The predicted octanol–water partition coefficient (Wildman–Crippen LogP) is -0.176. The van der Waals surface area contributed by atoms with Gasteiger partial charge in [0.05, 0.1) is 0 Å². The third-order valence-electron chi connectivity index (χ3n) is 3.20. The Balaban J connectivity index is 1.97. The van der Waals surface area contributed by atoms with Crippen LogP contribution in [0.3, 0.4) is 0 Å². The normalized spacial score (nSPS) is 16.0. The molecule has 2 rings (SSSR count). The van der Waals surface area contributed by atoms with E-state index >= 15 is 0 Å². The summed E-state index contributed by atoms with van der Waals surface area (Å²) in [6.45, 7) is 0.696. The lowest BCUT2D eigenvalue weighted by Crippen LogP contribution is -2.55. The lowest BCUT2D eigenvalue weighted by atomic mass is 10.1. The van der Waals surface area contributed by atoms with E-state index in [4.69, 9.17) is 0 Å². The number of carboxylic acid groups (broad SMARTS) is 1. The maximum Gasteiger partial charge on any atom is 0.326 e. The highest BCUT2D eigenvalue weighted by atomic mass is 16.4. The van der Waals surface area contributed by atoms with Gasteiger partial charge >= 0.3 is 12.0 Å². The fourth-order valence-corrected chi connectivity index (χ4v) is 2.10. The molecule has 21 heavy (non-hydrogen) atoms. The van der Waals surface area contributed by atoms with Crippen LogP contribution in [0.2, 0.25) is 0 Å². The summed E-state index contributed by atoms with van der Waals surface area (Å²) in [6.07, 6.45) is 0.196. The molecule has 3 amide bonds. The molecule has 7 heteroatoms. The first-order chi connectivity index (χ1) is 10.1. The molecule has 1 aliphatic heterocycles. The lowest BCUT2D eigenvalue weighted by Gasteiger charge is -2.28. The Morgan fingerprint density at radius 3 is 2.67 bits per heavy atom. The second-order valence-electron chi connectivity index (χ2n) is 4.80. The molecule has 1 aromatic carbocycles. The molecule has 3 N–H and O–H groups in total. The van der Waals surface area contributed by atoms with E-state index in [9.17, 15) is 19.5 Å². The summed E-state index contributed by atoms with van der Waals surface area (Å²) in [4.78, 5) is 35.8. The summed E-state index contributed by atoms with van der Waals surface area (Å²) in [5.74, 6) is -1.35. The second kappa shape index (κ2) is 6.74. The maximum absolute atomic E-state index is 12.0. The van der Waals surface area contributed by atoms with Gasteiger partial charge in [0.15, 0.2) is 0 Å². The molecule has 0 saturated carbocycles. The van der Waals surface area contributed by atoms with Crippen molar-refractivity contribution in [1.29, 1.82) is 0 Å². The molecule has 0 bridgehead atoms. The van der Waals surface area contributed by atoms with Crippen molar-refractivity contribution in [3.8, 4) is 0 Å². The number of carbonyl (C=O) groups excluding carboxylic acids is 2.